The number of esters is 1. The van der Waals surface area contributed by atoms with Gasteiger partial charge < -0.3 is 10.1 Å². The molecule has 0 aliphatic carbocycles. The number of nitro groups is 1. The lowest BCUT2D eigenvalue weighted by atomic mass is 10.1. The van der Waals surface area contributed by atoms with Gasteiger partial charge in [0.25, 0.3) is 5.69 Å². The SMILES string of the molecule is COC(=O)c1ccc(NC(=O)Cc2ccccc2[N+](=O)[O-])nc1. The van der Waals surface area contributed by atoms with Crippen molar-refractivity contribution in [1.29, 1.82) is 0 Å². The van der Waals surface area contributed by atoms with Crippen molar-refractivity contribution in [1.82, 2.24) is 4.98 Å². The normalized spacial score (nSPS) is 9.96. The van der Waals surface area contributed by atoms with Gasteiger partial charge in [-0.3, -0.25) is 14.9 Å². The number of nitro benzene ring substituents is 1. The quantitative estimate of drug-likeness (QED) is 0.513. The lowest BCUT2D eigenvalue weighted by Crippen LogP contribution is -2.16. The monoisotopic (exact) mass is 315 g/mol. The maximum absolute atomic E-state index is 12.0. The predicted molar refractivity (Wildman–Crippen MR) is 81.0 cm³/mol. The molecule has 0 spiro atoms. The molecule has 0 saturated carbocycles. The molecule has 23 heavy (non-hydrogen) atoms. The minimum atomic E-state index is -0.536. The number of hydrogen-bond acceptors (Lipinski definition) is 6. The summed E-state index contributed by atoms with van der Waals surface area (Å²) in [7, 11) is 1.25. The minimum absolute atomic E-state index is 0.114. The Balaban J connectivity index is 2.05. The molecule has 0 unspecified atom stereocenters. The number of pyridine rings is 1. The molecule has 1 N–H and O–H groups in total. The summed E-state index contributed by atoms with van der Waals surface area (Å²) in [6.45, 7) is 0. The van der Waals surface area contributed by atoms with E-state index < -0.39 is 16.8 Å². The van der Waals surface area contributed by atoms with Crippen molar-refractivity contribution in [2.24, 2.45) is 0 Å². The van der Waals surface area contributed by atoms with E-state index in [9.17, 15) is 19.7 Å². The summed E-state index contributed by atoms with van der Waals surface area (Å²) < 4.78 is 4.54. The number of anilines is 1. The molecule has 8 heteroatoms. The van der Waals surface area contributed by atoms with Crippen molar-refractivity contribution >= 4 is 23.4 Å². The van der Waals surface area contributed by atoms with E-state index in [-0.39, 0.29) is 23.5 Å². The first kappa shape index (κ1) is 16.1. The van der Waals surface area contributed by atoms with Gasteiger partial charge in [-0.2, -0.15) is 0 Å². The van der Waals surface area contributed by atoms with Crippen LogP contribution in [0.2, 0.25) is 0 Å². The van der Waals surface area contributed by atoms with Gasteiger partial charge in [0.05, 0.1) is 24.0 Å². The number of carbonyl (C=O) groups excluding carboxylic acids is 2. The molecule has 2 rings (SSSR count). The number of amides is 1. The third-order valence-corrected chi connectivity index (χ3v) is 2.99. The van der Waals surface area contributed by atoms with Crippen molar-refractivity contribution in [2.45, 2.75) is 6.42 Å². The molecular weight excluding hydrogens is 302 g/mol. The molecule has 0 fully saturated rings. The second kappa shape index (κ2) is 7.12. The Bertz CT molecular complexity index is 743. The van der Waals surface area contributed by atoms with E-state index >= 15 is 0 Å². The average molecular weight is 315 g/mol. The van der Waals surface area contributed by atoms with Crippen LogP contribution in [0.3, 0.4) is 0 Å². The molecule has 0 saturated heterocycles. The molecule has 8 nitrogen and oxygen atoms in total. The van der Waals surface area contributed by atoms with Crippen LogP contribution >= 0.6 is 0 Å². The second-order valence-corrected chi connectivity index (χ2v) is 4.53. The van der Waals surface area contributed by atoms with E-state index in [4.69, 9.17) is 0 Å². The average Bonchev–Trinajstić information content (AvgIpc) is 2.55. The lowest BCUT2D eigenvalue weighted by Gasteiger charge is -2.06. The number of para-hydroxylation sites is 1. The van der Waals surface area contributed by atoms with E-state index in [0.717, 1.165) is 0 Å². The van der Waals surface area contributed by atoms with Crippen LogP contribution < -0.4 is 5.32 Å². The Morgan fingerprint density at radius 3 is 2.61 bits per heavy atom. The summed E-state index contributed by atoms with van der Waals surface area (Å²) in [4.78, 5) is 37.5. The van der Waals surface area contributed by atoms with Crippen molar-refractivity contribution in [3.8, 4) is 0 Å². The summed E-state index contributed by atoms with van der Waals surface area (Å²) in [6, 6.07) is 8.92. The first-order valence-electron chi connectivity index (χ1n) is 6.57. The lowest BCUT2D eigenvalue weighted by molar-refractivity contribution is -0.385. The van der Waals surface area contributed by atoms with Gasteiger partial charge in [-0.25, -0.2) is 9.78 Å². The van der Waals surface area contributed by atoms with Crippen LogP contribution in [-0.2, 0) is 16.0 Å². The van der Waals surface area contributed by atoms with E-state index in [2.05, 4.69) is 15.0 Å². The van der Waals surface area contributed by atoms with Gasteiger partial charge in [0, 0.05) is 17.8 Å². The molecule has 0 aliphatic heterocycles. The number of benzene rings is 1. The molecule has 0 radical (unpaired) electrons. The van der Waals surface area contributed by atoms with Gasteiger partial charge in [0.1, 0.15) is 5.82 Å². The van der Waals surface area contributed by atoms with E-state index in [1.54, 1.807) is 6.07 Å². The molecule has 0 atom stereocenters. The smallest absolute Gasteiger partial charge is 0.339 e. The van der Waals surface area contributed by atoms with Crippen molar-refractivity contribution in [3.05, 3.63) is 63.8 Å². The summed E-state index contributed by atoms with van der Waals surface area (Å²) in [6.07, 6.45) is 1.12. The zero-order chi connectivity index (χ0) is 16.8. The van der Waals surface area contributed by atoms with Gasteiger partial charge >= 0.3 is 5.97 Å². The molecule has 118 valence electrons. The van der Waals surface area contributed by atoms with Crippen molar-refractivity contribution in [2.75, 3.05) is 12.4 Å². The standard InChI is InChI=1S/C15H13N3O5/c1-23-15(20)11-6-7-13(16-9-11)17-14(19)8-10-4-2-3-5-12(10)18(21)22/h2-7,9H,8H2,1H3,(H,16,17,19). The van der Waals surface area contributed by atoms with Crippen LogP contribution in [0.5, 0.6) is 0 Å². The zero-order valence-electron chi connectivity index (χ0n) is 12.2. The topological polar surface area (TPSA) is 111 Å². The highest BCUT2D eigenvalue weighted by atomic mass is 16.6. The Kier molecular flexibility index (Phi) is 4.98. The highest BCUT2D eigenvalue weighted by Crippen LogP contribution is 2.18. The van der Waals surface area contributed by atoms with Gasteiger partial charge in [0.2, 0.25) is 5.91 Å². The second-order valence-electron chi connectivity index (χ2n) is 4.53. The van der Waals surface area contributed by atoms with Crippen LogP contribution in [-0.4, -0.2) is 28.9 Å². The van der Waals surface area contributed by atoms with Crippen LogP contribution in [0.4, 0.5) is 11.5 Å². The number of nitrogens with zero attached hydrogens (tertiary/aromatic N) is 2. The number of rotatable bonds is 5. The summed E-state index contributed by atoms with van der Waals surface area (Å²) in [5.41, 5.74) is 0.446. The first-order chi connectivity index (χ1) is 11.0. The first-order valence-corrected chi connectivity index (χ1v) is 6.57. The van der Waals surface area contributed by atoms with Crippen LogP contribution in [0.25, 0.3) is 0 Å². The molecule has 2 aromatic rings. The molecule has 1 aromatic heterocycles. The predicted octanol–water partition coefficient (Wildman–Crippen LogP) is 1.96. The summed E-state index contributed by atoms with van der Waals surface area (Å²) in [5.74, 6) is -0.742. The maximum atomic E-state index is 12.0. The fourth-order valence-electron chi connectivity index (χ4n) is 1.90. The van der Waals surface area contributed by atoms with E-state index in [0.29, 0.717) is 5.56 Å². The molecule has 0 bridgehead atoms. The molecular formula is C15H13N3O5. The summed E-state index contributed by atoms with van der Waals surface area (Å²) >= 11 is 0. The molecule has 1 heterocycles. The van der Waals surface area contributed by atoms with Gasteiger partial charge in [-0.05, 0) is 12.1 Å². The molecule has 1 aromatic carbocycles. The van der Waals surface area contributed by atoms with Gasteiger partial charge in [-0.1, -0.05) is 18.2 Å². The fourth-order valence-corrected chi connectivity index (χ4v) is 1.90. The Morgan fingerprint density at radius 2 is 2.00 bits per heavy atom. The summed E-state index contributed by atoms with van der Waals surface area (Å²) in [5, 5.41) is 13.4. The third kappa shape index (κ3) is 4.10. The fraction of sp³-hybridized carbons (Fsp3) is 0.133. The van der Waals surface area contributed by atoms with Crippen molar-refractivity contribution in [3.63, 3.8) is 0 Å². The number of ether oxygens (including phenoxy) is 1. The van der Waals surface area contributed by atoms with E-state index in [1.165, 1.54) is 43.6 Å². The Hall–Kier alpha value is -3.29. The number of hydrogen-bond donors (Lipinski definition) is 1. The number of carbonyl (C=O) groups is 2. The minimum Gasteiger partial charge on any atom is -0.465 e. The van der Waals surface area contributed by atoms with Crippen molar-refractivity contribution < 1.29 is 19.2 Å². The highest BCUT2D eigenvalue weighted by Gasteiger charge is 2.16. The number of methoxy groups -OCH3 is 1. The number of aromatic nitrogens is 1. The zero-order valence-corrected chi connectivity index (χ0v) is 12.2. The number of nitrogens with one attached hydrogen (secondary N) is 1. The largest absolute Gasteiger partial charge is 0.465 e. The Morgan fingerprint density at radius 1 is 1.26 bits per heavy atom. The molecule has 0 aliphatic rings. The van der Waals surface area contributed by atoms with Crippen LogP contribution in [0.15, 0.2) is 42.6 Å². The Labute approximate surface area is 131 Å². The van der Waals surface area contributed by atoms with Crippen LogP contribution in [0, 0.1) is 10.1 Å². The van der Waals surface area contributed by atoms with E-state index in [1.807, 2.05) is 0 Å². The van der Waals surface area contributed by atoms with Gasteiger partial charge in [-0.15, -0.1) is 0 Å². The maximum Gasteiger partial charge on any atom is 0.339 e. The third-order valence-electron chi connectivity index (χ3n) is 2.99. The van der Waals surface area contributed by atoms with Gasteiger partial charge in [0.15, 0.2) is 0 Å². The highest BCUT2D eigenvalue weighted by molar-refractivity contribution is 5.93. The van der Waals surface area contributed by atoms with Crippen LogP contribution in [0.1, 0.15) is 15.9 Å². The molecule has 1 amide bonds.